The fourth-order valence-corrected chi connectivity index (χ4v) is 3.85. The minimum Gasteiger partial charge on any atom is -0.497 e. The van der Waals surface area contributed by atoms with E-state index in [2.05, 4.69) is 36.3 Å². The number of anilines is 2. The lowest BCUT2D eigenvalue weighted by Gasteiger charge is -2.33. The van der Waals surface area contributed by atoms with Crippen LogP contribution >= 0.6 is 0 Å². The van der Waals surface area contributed by atoms with Crippen LogP contribution in [-0.4, -0.2) is 38.6 Å². The van der Waals surface area contributed by atoms with Crippen LogP contribution < -0.4 is 20.3 Å². The van der Waals surface area contributed by atoms with Crippen LogP contribution in [0.4, 0.5) is 11.4 Å². The molecule has 0 aliphatic carbocycles. The zero-order chi connectivity index (χ0) is 23.1. The van der Waals surface area contributed by atoms with E-state index >= 15 is 0 Å². The highest BCUT2D eigenvalue weighted by atomic mass is 16.5. The zero-order valence-corrected chi connectivity index (χ0v) is 19.6. The minimum absolute atomic E-state index is 0.0985. The summed E-state index contributed by atoms with van der Waals surface area (Å²) in [7, 11) is 1.62. The number of carbonyl (C=O) groups is 2. The van der Waals surface area contributed by atoms with Crippen molar-refractivity contribution in [3.8, 4) is 5.75 Å². The highest BCUT2D eigenvalue weighted by Crippen LogP contribution is 2.29. The number of nitrogens with one attached hydrogen (secondary N) is 2. The lowest BCUT2D eigenvalue weighted by molar-refractivity contribution is -0.115. The van der Waals surface area contributed by atoms with Gasteiger partial charge in [-0.05, 0) is 60.6 Å². The molecule has 1 saturated heterocycles. The van der Waals surface area contributed by atoms with E-state index in [0.717, 1.165) is 42.9 Å². The number of rotatable bonds is 8. The Morgan fingerprint density at radius 1 is 1.09 bits per heavy atom. The molecule has 1 heterocycles. The summed E-state index contributed by atoms with van der Waals surface area (Å²) >= 11 is 0. The Kier molecular flexibility index (Phi) is 8.14. The maximum absolute atomic E-state index is 13.0. The molecule has 6 heteroatoms. The molecule has 0 bridgehead atoms. The molecule has 32 heavy (non-hydrogen) atoms. The predicted molar refractivity (Wildman–Crippen MR) is 130 cm³/mol. The summed E-state index contributed by atoms with van der Waals surface area (Å²) in [5.74, 6) is 1.61. The molecular formula is C26H35N3O3. The molecule has 0 saturated carbocycles. The Bertz CT molecular complexity index is 916. The van der Waals surface area contributed by atoms with E-state index in [1.54, 1.807) is 13.2 Å². The lowest BCUT2D eigenvalue weighted by Crippen LogP contribution is -2.35. The van der Waals surface area contributed by atoms with Gasteiger partial charge in [0.15, 0.2) is 0 Å². The number of carbonyl (C=O) groups excluding carboxylic acids is 2. The van der Waals surface area contributed by atoms with Crippen LogP contribution in [-0.2, 0) is 11.2 Å². The molecule has 0 atom stereocenters. The third kappa shape index (κ3) is 6.49. The van der Waals surface area contributed by atoms with E-state index in [0.29, 0.717) is 29.6 Å². The number of hydrogen-bond donors (Lipinski definition) is 2. The van der Waals surface area contributed by atoms with Gasteiger partial charge in [0, 0.05) is 31.0 Å². The second-order valence-corrected chi connectivity index (χ2v) is 9.08. The number of nitrogens with zero attached hydrogens (tertiary/aromatic N) is 1. The summed E-state index contributed by atoms with van der Waals surface area (Å²) in [5.41, 5.74) is 3.08. The molecule has 2 aromatic rings. The number of ether oxygens (including phenoxy) is 1. The largest absolute Gasteiger partial charge is 0.497 e. The number of amides is 2. The Morgan fingerprint density at radius 3 is 2.41 bits per heavy atom. The third-order valence-electron chi connectivity index (χ3n) is 5.84. The summed E-state index contributed by atoms with van der Waals surface area (Å²) in [6.45, 7) is 8.91. The van der Waals surface area contributed by atoms with Crippen molar-refractivity contribution in [1.82, 2.24) is 5.32 Å². The predicted octanol–water partition coefficient (Wildman–Crippen LogP) is 4.50. The first-order chi connectivity index (χ1) is 15.4. The third-order valence-corrected chi connectivity index (χ3v) is 5.84. The topological polar surface area (TPSA) is 70.7 Å². The Labute approximate surface area is 191 Å². The van der Waals surface area contributed by atoms with Crippen molar-refractivity contribution in [2.75, 3.05) is 37.0 Å². The van der Waals surface area contributed by atoms with Crippen LogP contribution in [0.15, 0.2) is 42.5 Å². The number of piperidine rings is 1. The minimum atomic E-state index is -0.122. The molecule has 0 spiro atoms. The van der Waals surface area contributed by atoms with Gasteiger partial charge < -0.3 is 20.3 Å². The standard InChI is InChI=1S/C26H35N3O3/c1-18(2)17-27-26(31)23-16-21(7-10-24(23)29-13-11-19(3)12-14-29)28-25(30)15-20-5-8-22(32-4)9-6-20/h5-10,16,18-19H,11-15,17H2,1-4H3,(H,27,31)(H,28,30). The molecule has 0 aromatic heterocycles. The molecular weight excluding hydrogens is 402 g/mol. The number of benzene rings is 2. The van der Waals surface area contributed by atoms with Crippen molar-refractivity contribution in [1.29, 1.82) is 0 Å². The summed E-state index contributed by atoms with van der Waals surface area (Å²) in [6.07, 6.45) is 2.49. The first-order valence-corrected chi connectivity index (χ1v) is 11.5. The Morgan fingerprint density at radius 2 is 1.78 bits per heavy atom. The maximum atomic E-state index is 13.0. The van der Waals surface area contributed by atoms with Gasteiger partial charge in [-0.15, -0.1) is 0 Å². The van der Waals surface area contributed by atoms with E-state index in [-0.39, 0.29) is 18.2 Å². The first-order valence-electron chi connectivity index (χ1n) is 11.5. The summed E-state index contributed by atoms with van der Waals surface area (Å²) in [4.78, 5) is 27.9. The zero-order valence-electron chi connectivity index (χ0n) is 19.6. The van der Waals surface area contributed by atoms with Gasteiger partial charge in [-0.3, -0.25) is 9.59 Å². The quantitative estimate of drug-likeness (QED) is 0.638. The molecule has 2 amide bonds. The number of methoxy groups -OCH3 is 1. The average Bonchev–Trinajstić information content (AvgIpc) is 2.78. The van der Waals surface area contributed by atoms with Gasteiger partial charge in [-0.1, -0.05) is 32.9 Å². The van der Waals surface area contributed by atoms with E-state index in [1.807, 2.05) is 36.4 Å². The second kappa shape index (κ2) is 11.0. The Balaban J connectivity index is 1.76. The molecule has 1 aliphatic heterocycles. The normalized spacial score (nSPS) is 14.3. The van der Waals surface area contributed by atoms with Gasteiger partial charge in [0.1, 0.15) is 5.75 Å². The summed E-state index contributed by atoms with van der Waals surface area (Å²) in [6, 6.07) is 13.1. The van der Waals surface area contributed by atoms with E-state index in [4.69, 9.17) is 4.74 Å². The van der Waals surface area contributed by atoms with Crippen LogP contribution in [0.1, 0.15) is 49.5 Å². The molecule has 2 aromatic carbocycles. The molecule has 1 fully saturated rings. The second-order valence-electron chi connectivity index (χ2n) is 9.08. The highest BCUT2D eigenvalue weighted by molar-refractivity contribution is 6.02. The average molecular weight is 438 g/mol. The molecule has 2 N–H and O–H groups in total. The van der Waals surface area contributed by atoms with Crippen molar-refractivity contribution in [3.05, 3.63) is 53.6 Å². The van der Waals surface area contributed by atoms with Crippen LogP contribution in [0.2, 0.25) is 0 Å². The highest BCUT2D eigenvalue weighted by Gasteiger charge is 2.22. The smallest absolute Gasteiger partial charge is 0.253 e. The fraction of sp³-hybridized carbons (Fsp3) is 0.462. The van der Waals surface area contributed by atoms with Crippen molar-refractivity contribution in [2.24, 2.45) is 11.8 Å². The van der Waals surface area contributed by atoms with Gasteiger partial charge in [-0.25, -0.2) is 0 Å². The van der Waals surface area contributed by atoms with Crippen LogP contribution in [0.25, 0.3) is 0 Å². The lowest BCUT2D eigenvalue weighted by atomic mass is 9.97. The van der Waals surface area contributed by atoms with Crippen LogP contribution in [0.3, 0.4) is 0 Å². The van der Waals surface area contributed by atoms with Crippen LogP contribution in [0.5, 0.6) is 5.75 Å². The molecule has 0 unspecified atom stereocenters. The molecule has 3 rings (SSSR count). The summed E-state index contributed by atoms with van der Waals surface area (Å²) < 4.78 is 5.16. The van der Waals surface area contributed by atoms with Crippen molar-refractivity contribution in [2.45, 2.75) is 40.0 Å². The number of hydrogen-bond acceptors (Lipinski definition) is 4. The molecule has 0 radical (unpaired) electrons. The van der Waals surface area contributed by atoms with Crippen molar-refractivity contribution in [3.63, 3.8) is 0 Å². The summed E-state index contributed by atoms with van der Waals surface area (Å²) in [5, 5.41) is 5.98. The Hall–Kier alpha value is -3.02. The first kappa shape index (κ1) is 23.6. The van der Waals surface area contributed by atoms with E-state index < -0.39 is 0 Å². The van der Waals surface area contributed by atoms with Crippen molar-refractivity contribution >= 4 is 23.2 Å². The van der Waals surface area contributed by atoms with Gasteiger partial charge in [-0.2, -0.15) is 0 Å². The van der Waals surface area contributed by atoms with Crippen LogP contribution in [0, 0.1) is 11.8 Å². The fourth-order valence-electron chi connectivity index (χ4n) is 3.85. The van der Waals surface area contributed by atoms with Gasteiger partial charge in [0.2, 0.25) is 5.91 Å². The molecule has 1 aliphatic rings. The molecule has 172 valence electrons. The van der Waals surface area contributed by atoms with Gasteiger partial charge >= 0.3 is 0 Å². The SMILES string of the molecule is COc1ccc(CC(=O)Nc2ccc(N3CCC(C)CC3)c(C(=O)NCC(C)C)c2)cc1. The monoisotopic (exact) mass is 437 g/mol. The van der Waals surface area contributed by atoms with E-state index in [1.165, 1.54) is 0 Å². The van der Waals surface area contributed by atoms with E-state index in [9.17, 15) is 9.59 Å². The molecule has 6 nitrogen and oxygen atoms in total. The maximum Gasteiger partial charge on any atom is 0.253 e. The van der Waals surface area contributed by atoms with Gasteiger partial charge in [0.25, 0.3) is 5.91 Å². The van der Waals surface area contributed by atoms with Crippen molar-refractivity contribution < 1.29 is 14.3 Å². The van der Waals surface area contributed by atoms with Gasteiger partial charge in [0.05, 0.1) is 19.1 Å².